The molecule has 0 aliphatic rings. The van der Waals surface area contributed by atoms with Crippen molar-refractivity contribution in [3.05, 3.63) is 70.5 Å². The number of aromatic nitrogens is 2. The lowest BCUT2D eigenvalue weighted by Crippen LogP contribution is -1.83. The Kier molecular flexibility index (Phi) is 3.90. The molecule has 0 saturated heterocycles. The van der Waals surface area contributed by atoms with Crippen LogP contribution in [0.1, 0.15) is 10.4 Å². The van der Waals surface area contributed by atoms with Crippen molar-refractivity contribution >= 4 is 35.1 Å². The van der Waals surface area contributed by atoms with Crippen LogP contribution < -0.4 is 0 Å². The molecule has 2 nitrogen and oxygen atoms in total. The summed E-state index contributed by atoms with van der Waals surface area (Å²) in [6.45, 7) is 0. The van der Waals surface area contributed by atoms with Crippen molar-refractivity contribution in [2.75, 3.05) is 0 Å². The summed E-state index contributed by atoms with van der Waals surface area (Å²) in [5.74, 6) is 0. The molecule has 0 fully saturated rings. The van der Waals surface area contributed by atoms with Crippen molar-refractivity contribution in [2.24, 2.45) is 0 Å². The Morgan fingerprint density at radius 3 is 2.60 bits per heavy atom. The molecule has 20 heavy (non-hydrogen) atoms. The monoisotopic (exact) mass is 298 g/mol. The highest BCUT2D eigenvalue weighted by molar-refractivity contribution is 7.16. The summed E-state index contributed by atoms with van der Waals surface area (Å²) < 4.78 is 0. The van der Waals surface area contributed by atoms with Gasteiger partial charge in [-0.05, 0) is 41.4 Å². The van der Waals surface area contributed by atoms with Gasteiger partial charge in [0.1, 0.15) is 0 Å². The lowest BCUT2D eigenvalue weighted by Gasteiger charge is -1.95. The topological polar surface area (TPSA) is 25.8 Å². The van der Waals surface area contributed by atoms with E-state index in [4.69, 9.17) is 11.6 Å². The normalized spacial score (nSPS) is 11.1. The van der Waals surface area contributed by atoms with E-state index in [2.05, 4.69) is 40.3 Å². The Morgan fingerprint density at radius 1 is 0.950 bits per heavy atom. The van der Waals surface area contributed by atoms with E-state index >= 15 is 0 Å². The zero-order valence-corrected chi connectivity index (χ0v) is 12.1. The van der Waals surface area contributed by atoms with Gasteiger partial charge in [0, 0.05) is 11.1 Å². The minimum absolute atomic E-state index is 0.275. The van der Waals surface area contributed by atoms with Crippen molar-refractivity contribution in [3.8, 4) is 10.6 Å². The molecule has 0 amide bonds. The van der Waals surface area contributed by atoms with Gasteiger partial charge in [0.15, 0.2) is 0 Å². The molecule has 3 rings (SSSR count). The molecule has 0 saturated carbocycles. The van der Waals surface area contributed by atoms with E-state index in [9.17, 15) is 0 Å². The zero-order valence-electron chi connectivity index (χ0n) is 10.5. The number of hydrogen-bond acceptors (Lipinski definition) is 3. The highest BCUT2D eigenvalue weighted by Crippen LogP contribution is 2.28. The van der Waals surface area contributed by atoms with Crippen LogP contribution in [0.15, 0.2) is 54.7 Å². The number of rotatable bonds is 3. The fourth-order valence-electron chi connectivity index (χ4n) is 1.79. The largest absolute Gasteiger partial charge is 0.226 e. The van der Waals surface area contributed by atoms with E-state index in [1.54, 1.807) is 17.5 Å². The van der Waals surface area contributed by atoms with Gasteiger partial charge in [0.2, 0.25) is 5.28 Å². The van der Waals surface area contributed by atoms with Gasteiger partial charge in [-0.3, -0.25) is 0 Å². The molecule has 0 radical (unpaired) electrons. The van der Waals surface area contributed by atoms with Gasteiger partial charge in [-0.2, -0.15) is 0 Å². The van der Waals surface area contributed by atoms with E-state index in [1.807, 2.05) is 30.3 Å². The first-order chi connectivity index (χ1) is 9.81. The second kappa shape index (κ2) is 5.99. The summed E-state index contributed by atoms with van der Waals surface area (Å²) in [7, 11) is 0. The highest BCUT2D eigenvalue weighted by atomic mass is 35.5. The van der Waals surface area contributed by atoms with E-state index < -0.39 is 0 Å². The smallest absolute Gasteiger partial charge is 0.222 e. The predicted molar refractivity (Wildman–Crippen MR) is 85.7 cm³/mol. The molecule has 0 aliphatic carbocycles. The summed E-state index contributed by atoms with van der Waals surface area (Å²) in [5, 5.41) is 0.275. The molecule has 2 aromatic heterocycles. The third-order valence-electron chi connectivity index (χ3n) is 2.75. The van der Waals surface area contributed by atoms with Gasteiger partial charge in [0.25, 0.3) is 0 Å². The number of benzene rings is 1. The third kappa shape index (κ3) is 3.13. The molecule has 98 valence electrons. The van der Waals surface area contributed by atoms with Crippen LogP contribution in [0.5, 0.6) is 0 Å². The van der Waals surface area contributed by atoms with Gasteiger partial charge < -0.3 is 0 Å². The minimum atomic E-state index is 0.275. The second-order valence-electron chi connectivity index (χ2n) is 4.16. The van der Waals surface area contributed by atoms with E-state index in [0.29, 0.717) is 0 Å². The predicted octanol–water partition coefficient (Wildman–Crippen LogP) is 5.03. The minimum Gasteiger partial charge on any atom is -0.226 e. The summed E-state index contributed by atoms with van der Waals surface area (Å²) in [6.07, 6.45) is 5.87. The van der Waals surface area contributed by atoms with E-state index in [1.165, 1.54) is 10.4 Å². The molecule has 4 heteroatoms. The molecule has 2 heterocycles. The average molecular weight is 299 g/mol. The molecule has 3 aromatic rings. The molecule has 0 bridgehead atoms. The van der Waals surface area contributed by atoms with Crippen LogP contribution in [0.2, 0.25) is 5.28 Å². The third-order valence-corrected chi connectivity index (χ3v) is 4.00. The van der Waals surface area contributed by atoms with Crippen LogP contribution in [-0.4, -0.2) is 9.97 Å². The summed E-state index contributed by atoms with van der Waals surface area (Å²) in [4.78, 5) is 10.4. The molecular formula is C16H11ClN2S. The molecular weight excluding hydrogens is 288 g/mol. The summed E-state index contributed by atoms with van der Waals surface area (Å²) >= 11 is 7.49. The van der Waals surface area contributed by atoms with Gasteiger partial charge >= 0.3 is 0 Å². The Hall–Kier alpha value is -1.97. The number of nitrogens with zero attached hydrogens (tertiary/aromatic N) is 2. The van der Waals surface area contributed by atoms with Gasteiger partial charge in [-0.15, -0.1) is 11.3 Å². The van der Waals surface area contributed by atoms with Crippen molar-refractivity contribution < 1.29 is 0 Å². The molecule has 0 N–H and O–H groups in total. The molecule has 1 aromatic carbocycles. The number of halogens is 1. The molecule has 0 spiro atoms. The lowest BCUT2D eigenvalue weighted by atomic mass is 10.2. The standard InChI is InChI=1S/C16H11ClN2S/c17-16-18-11-10-14(19-16)15-9-8-13(20-15)7-6-12-4-2-1-3-5-12/h1-11H. The van der Waals surface area contributed by atoms with Gasteiger partial charge in [-0.1, -0.05) is 36.4 Å². The van der Waals surface area contributed by atoms with Crippen molar-refractivity contribution in [3.63, 3.8) is 0 Å². The van der Waals surface area contributed by atoms with Crippen LogP contribution in [0.25, 0.3) is 22.7 Å². The molecule has 0 aliphatic heterocycles. The van der Waals surface area contributed by atoms with Crippen molar-refractivity contribution in [2.45, 2.75) is 0 Å². The Balaban J connectivity index is 1.82. The number of thiophene rings is 1. The fraction of sp³-hybridized carbons (Fsp3) is 0. The van der Waals surface area contributed by atoms with E-state index in [0.717, 1.165) is 10.6 Å². The molecule has 0 unspecified atom stereocenters. The summed E-state index contributed by atoms with van der Waals surface area (Å²) in [6, 6.07) is 16.2. The van der Waals surface area contributed by atoms with Crippen molar-refractivity contribution in [1.29, 1.82) is 0 Å². The Bertz CT molecular complexity index is 735. The maximum absolute atomic E-state index is 5.81. The van der Waals surface area contributed by atoms with Gasteiger partial charge in [-0.25, -0.2) is 9.97 Å². The quantitative estimate of drug-likeness (QED) is 0.634. The molecule has 0 atom stereocenters. The zero-order chi connectivity index (χ0) is 13.8. The SMILES string of the molecule is Clc1nccc(-c2ccc(C=Cc3ccccc3)s2)n1. The lowest BCUT2D eigenvalue weighted by molar-refractivity contribution is 1.18. The Labute approximate surface area is 126 Å². The fourth-order valence-corrected chi connectivity index (χ4v) is 2.82. The first-order valence-corrected chi connectivity index (χ1v) is 7.32. The Morgan fingerprint density at radius 2 is 1.80 bits per heavy atom. The van der Waals surface area contributed by atoms with Crippen LogP contribution in [0.4, 0.5) is 0 Å². The summed E-state index contributed by atoms with van der Waals surface area (Å²) in [5.41, 5.74) is 2.04. The van der Waals surface area contributed by atoms with Crippen LogP contribution in [-0.2, 0) is 0 Å². The van der Waals surface area contributed by atoms with E-state index in [-0.39, 0.29) is 5.28 Å². The second-order valence-corrected chi connectivity index (χ2v) is 5.61. The first kappa shape index (κ1) is 13.0. The first-order valence-electron chi connectivity index (χ1n) is 6.13. The average Bonchev–Trinajstić information content (AvgIpc) is 2.95. The van der Waals surface area contributed by atoms with Crippen LogP contribution >= 0.6 is 22.9 Å². The number of hydrogen-bond donors (Lipinski definition) is 0. The van der Waals surface area contributed by atoms with Crippen molar-refractivity contribution in [1.82, 2.24) is 9.97 Å². The van der Waals surface area contributed by atoms with Crippen LogP contribution in [0, 0.1) is 0 Å². The van der Waals surface area contributed by atoms with Crippen LogP contribution in [0.3, 0.4) is 0 Å². The maximum Gasteiger partial charge on any atom is 0.222 e. The highest BCUT2D eigenvalue weighted by Gasteiger charge is 2.03. The van der Waals surface area contributed by atoms with Gasteiger partial charge in [0.05, 0.1) is 10.6 Å². The maximum atomic E-state index is 5.81.